The number of aromatic nitrogens is 3. The van der Waals surface area contributed by atoms with Gasteiger partial charge in [-0.1, -0.05) is 36.4 Å². The highest BCUT2D eigenvalue weighted by Gasteiger charge is 2.07. The summed E-state index contributed by atoms with van der Waals surface area (Å²) in [6.07, 6.45) is 4.16. The Morgan fingerprint density at radius 2 is 1.88 bits per heavy atom. The molecule has 0 aliphatic carbocycles. The summed E-state index contributed by atoms with van der Waals surface area (Å²) in [7, 11) is 0. The van der Waals surface area contributed by atoms with E-state index >= 15 is 0 Å². The van der Waals surface area contributed by atoms with Gasteiger partial charge in [-0.2, -0.15) is 5.10 Å². The summed E-state index contributed by atoms with van der Waals surface area (Å²) in [6.45, 7) is 0.379. The van der Waals surface area contributed by atoms with Gasteiger partial charge in [-0.05, 0) is 24.1 Å². The van der Waals surface area contributed by atoms with Crippen LogP contribution in [0.1, 0.15) is 5.56 Å². The van der Waals surface area contributed by atoms with E-state index in [0.29, 0.717) is 18.7 Å². The highest BCUT2D eigenvalue weighted by Crippen LogP contribution is 2.13. The lowest BCUT2D eigenvalue weighted by Crippen LogP contribution is -2.34. The summed E-state index contributed by atoms with van der Waals surface area (Å²) < 4.78 is 1.18. The van der Waals surface area contributed by atoms with E-state index in [9.17, 15) is 9.59 Å². The Labute approximate surface area is 145 Å². The van der Waals surface area contributed by atoms with Crippen LogP contribution in [0.3, 0.4) is 0 Å². The van der Waals surface area contributed by atoms with E-state index in [1.807, 2.05) is 42.5 Å². The monoisotopic (exact) mass is 334 g/mol. The van der Waals surface area contributed by atoms with Crippen molar-refractivity contribution in [3.63, 3.8) is 0 Å². The van der Waals surface area contributed by atoms with E-state index in [1.165, 1.54) is 10.7 Å². The van der Waals surface area contributed by atoms with Crippen molar-refractivity contribution in [2.45, 2.75) is 13.0 Å². The molecule has 25 heavy (non-hydrogen) atoms. The van der Waals surface area contributed by atoms with Gasteiger partial charge in [0.15, 0.2) is 0 Å². The van der Waals surface area contributed by atoms with Crippen LogP contribution in [0.25, 0.3) is 11.3 Å². The molecule has 1 N–H and O–H groups in total. The van der Waals surface area contributed by atoms with Gasteiger partial charge in [0.25, 0.3) is 5.56 Å². The zero-order chi connectivity index (χ0) is 17.5. The van der Waals surface area contributed by atoms with Crippen LogP contribution in [-0.2, 0) is 17.8 Å². The first-order valence-electron chi connectivity index (χ1n) is 8.01. The van der Waals surface area contributed by atoms with Crippen molar-refractivity contribution in [1.29, 1.82) is 0 Å². The molecular weight excluding hydrogens is 316 g/mol. The van der Waals surface area contributed by atoms with Crippen molar-refractivity contribution >= 4 is 5.91 Å². The number of benzene rings is 1. The minimum Gasteiger partial charge on any atom is -0.354 e. The lowest BCUT2D eigenvalue weighted by Gasteiger charge is -2.08. The molecule has 2 heterocycles. The standard InChI is InChI=1S/C19H18N4O2/c24-18(21-12-10-15-5-4-11-20-13-15)14-23-19(25)9-8-17(22-23)16-6-2-1-3-7-16/h1-9,11,13H,10,12,14H2,(H,21,24). The first-order chi connectivity index (χ1) is 12.2. The molecule has 3 rings (SSSR count). The minimum atomic E-state index is -0.304. The lowest BCUT2D eigenvalue weighted by atomic mass is 10.1. The van der Waals surface area contributed by atoms with Crippen LogP contribution < -0.4 is 10.9 Å². The van der Waals surface area contributed by atoms with Crippen LogP contribution in [0.2, 0.25) is 0 Å². The second kappa shape index (κ2) is 8.01. The number of carbonyl (C=O) groups is 1. The fraction of sp³-hybridized carbons (Fsp3) is 0.158. The van der Waals surface area contributed by atoms with Crippen molar-refractivity contribution in [2.75, 3.05) is 6.54 Å². The number of pyridine rings is 1. The summed E-state index contributed by atoms with van der Waals surface area (Å²) in [5, 5.41) is 7.08. The van der Waals surface area contributed by atoms with E-state index in [-0.39, 0.29) is 18.0 Å². The zero-order valence-corrected chi connectivity index (χ0v) is 13.6. The van der Waals surface area contributed by atoms with E-state index in [1.54, 1.807) is 18.5 Å². The Morgan fingerprint density at radius 3 is 2.64 bits per heavy atom. The molecule has 0 aliphatic rings. The Bertz CT molecular complexity index is 892. The topological polar surface area (TPSA) is 76.9 Å². The number of hydrogen-bond donors (Lipinski definition) is 1. The third kappa shape index (κ3) is 4.60. The lowest BCUT2D eigenvalue weighted by molar-refractivity contribution is -0.121. The molecule has 1 amide bonds. The fourth-order valence-electron chi connectivity index (χ4n) is 2.41. The molecule has 0 aliphatic heterocycles. The predicted octanol–water partition coefficient (Wildman–Crippen LogP) is 1.66. The average molecular weight is 334 g/mol. The minimum absolute atomic E-state index is 0.105. The molecule has 0 radical (unpaired) electrons. The normalized spacial score (nSPS) is 10.4. The van der Waals surface area contributed by atoms with Gasteiger partial charge in [-0.25, -0.2) is 4.68 Å². The average Bonchev–Trinajstić information content (AvgIpc) is 2.65. The quantitative estimate of drug-likeness (QED) is 0.744. The molecule has 0 unspecified atom stereocenters. The second-order valence-electron chi connectivity index (χ2n) is 5.54. The molecular formula is C19H18N4O2. The molecule has 6 nitrogen and oxygen atoms in total. The predicted molar refractivity (Wildman–Crippen MR) is 94.9 cm³/mol. The van der Waals surface area contributed by atoms with E-state index < -0.39 is 0 Å². The SMILES string of the molecule is O=C(Cn1nc(-c2ccccc2)ccc1=O)NCCc1cccnc1. The van der Waals surface area contributed by atoms with E-state index in [0.717, 1.165) is 11.1 Å². The number of nitrogens with zero attached hydrogens (tertiary/aromatic N) is 3. The third-order valence-corrected chi connectivity index (χ3v) is 3.69. The van der Waals surface area contributed by atoms with Crippen molar-refractivity contribution in [1.82, 2.24) is 20.1 Å². The molecule has 0 saturated heterocycles. The molecule has 2 aromatic heterocycles. The molecule has 126 valence electrons. The van der Waals surface area contributed by atoms with Gasteiger partial charge < -0.3 is 5.32 Å². The van der Waals surface area contributed by atoms with Crippen LogP contribution >= 0.6 is 0 Å². The molecule has 0 saturated carbocycles. The van der Waals surface area contributed by atoms with Crippen molar-refractivity contribution in [2.24, 2.45) is 0 Å². The fourth-order valence-corrected chi connectivity index (χ4v) is 2.41. The van der Waals surface area contributed by atoms with Gasteiger partial charge in [0.1, 0.15) is 6.54 Å². The smallest absolute Gasteiger partial charge is 0.267 e. The van der Waals surface area contributed by atoms with Gasteiger partial charge in [-0.3, -0.25) is 14.6 Å². The molecule has 1 aromatic carbocycles. The van der Waals surface area contributed by atoms with E-state index in [4.69, 9.17) is 0 Å². The van der Waals surface area contributed by atoms with Crippen LogP contribution in [0.4, 0.5) is 0 Å². The van der Waals surface area contributed by atoms with Gasteiger partial charge in [0.2, 0.25) is 5.91 Å². The highest BCUT2D eigenvalue weighted by atomic mass is 16.2. The van der Waals surface area contributed by atoms with Crippen LogP contribution in [0.5, 0.6) is 0 Å². The summed E-state index contributed by atoms with van der Waals surface area (Å²) in [5.74, 6) is -0.247. The first-order valence-corrected chi connectivity index (χ1v) is 8.01. The number of hydrogen-bond acceptors (Lipinski definition) is 4. The number of amides is 1. The van der Waals surface area contributed by atoms with Crippen LogP contribution in [0.15, 0.2) is 71.8 Å². The Morgan fingerprint density at radius 1 is 1.04 bits per heavy atom. The Kier molecular flexibility index (Phi) is 5.31. The van der Waals surface area contributed by atoms with Gasteiger partial charge in [-0.15, -0.1) is 0 Å². The first kappa shape index (κ1) is 16.6. The van der Waals surface area contributed by atoms with E-state index in [2.05, 4.69) is 15.4 Å². The maximum atomic E-state index is 12.1. The summed E-state index contributed by atoms with van der Waals surface area (Å²) in [5.41, 5.74) is 2.29. The molecule has 0 atom stereocenters. The summed E-state index contributed by atoms with van der Waals surface area (Å²) in [4.78, 5) is 28.1. The highest BCUT2D eigenvalue weighted by molar-refractivity contribution is 5.75. The largest absolute Gasteiger partial charge is 0.354 e. The zero-order valence-electron chi connectivity index (χ0n) is 13.6. The molecule has 0 fully saturated rings. The summed E-state index contributed by atoms with van der Waals surface area (Å²) >= 11 is 0. The maximum absolute atomic E-state index is 12.1. The molecule has 3 aromatic rings. The third-order valence-electron chi connectivity index (χ3n) is 3.69. The van der Waals surface area contributed by atoms with Gasteiger partial charge in [0, 0.05) is 30.6 Å². The molecule has 6 heteroatoms. The Hall–Kier alpha value is -3.28. The summed E-state index contributed by atoms with van der Waals surface area (Å²) in [6, 6.07) is 16.4. The van der Waals surface area contributed by atoms with Gasteiger partial charge in [0.05, 0.1) is 5.69 Å². The Balaban J connectivity index is 1.62. The molecule has 0 bridgehead atoms. The number of carbonyl (C=O) groups excluding carboxylic acids is 1. The maximum Gasteiger partial charge on any atom is 0.267 e. The second-order valence-corrected chi connectivity index (χ2v) is 5.54. The van der Waals surface area contributed by atoms with Crippen molar-refractivity contribution in [3.05, 3.63) is 82.9 Å². The van der Waals surface area contributed by atoms with Gasteiger partial charge >= 0.3 is 0 Å². The van der Waals surface area contributed by atoms with Crippen LogP contribution in [0, 0.1) is 0 Å². The van der Waals surface area contributed by atoms with Crippen LogP contribution in [-0.4, -0.2) is 27.2 Å². The van der Waals surface area contributed by atoms with Crippen molar-refractivity contribution < 1.29 is 4.79 Å². The molecule has 0 spiro atoms. The number of rotatable bonds is 6. The number of nitrogens with one attached hydrogen (secondary N) is 1. The van der Waals surface area contributed by atoms with Crippen molar-refractivity contribution in [3.8, 4) is 11.3 Å².